The van der Waals surface area contributed by atoms with Crippen LogP contribution < -0.4 is 10.6 Å². The van der Waals surface area contributed by atoms with Crippen LogP contribution in [0.1, 0.15) is 28.0 Å². The highest BCUT2D eigenvalue weighted by Crippen LogP contribution is 2.12. The number of rotatable bonds is 1. The fourth-order valence-corrected chi connectivity index (χ4v) is 0.750. The monoisotopic (exact) mass is 174 g/mol. The Bertz CT molecular complexity index is 673. The molecular formula is C10H14N2. The van der Waals surface area contributed by atoms with Crippen molar-refractivity contribution in [3.8, 4) is 0 Å². The van der Waals surface area contributed by atoms with E-state index in [2.05, 4.69) is 0 Å². The van der Waals surface area contributed by atoms with Crippen molar-refractivity contribution < 1.29 is 16.4 Å². The molecule has 2 heteroatoms. The maximum absolute atomic E-state index is 8.32. The van der Waals surface area contributed by atoms with Crippen molar-refractivity contribution in [1.29, 1.82) is 0 Å². The minimum Gasteiger partial charge on any atom is -0.314 e. The van der Waals surface area contributed by atoms with Crippen LogP contribution >= 0.6 is 0 Å². The van der Waals surface area contributed by atoms with Crippen molar-refractivity contribution in [2.24, 2.45) is 0 Å². The van der Waals surface area contributed by atoms with Gasteiger partial charge in [-0.3, -0.25) is 0 Å². The van der Waals surface area contributed by atoms with E-state index < -0.39 is 61.3 Å². The molecule has 0 amide bonds. The molecule has 64 valence electrons. The number of benzene rings is 1. The first kappa shape index (κ1) is 1.97. The average Bonchev–Trinajstić information content (AvgIpc) is 2.40. The van der Waals surface area contributed by atoms with Crippen molar-refractivity contribution in [2.75, 3.05) is 19.5 Å². The third-order valence-corrected chi connectivity index (χ3v) is 1.25. The van der Waals surface area contributed by atoms with Gasteiger partial charge in [-0.25, -0.2) is 0 Å². The van der Waals surface area contributed by atoms with E-state index in [9.17, 15) is 0 Å². The summed E-state index contributed by atoms with van der Waals surface area (Å²) in [4.78, 5) is 0. The summed E-state index contributed by atoms with van der Waals surface area (Å²) < 4.78 is 93.1. The fraction of sp³-hybridized carbons (Fsp3) is 0.400. The molecule has 1 atom stereocenters. The Balaban J connectivity index is 2.80. The molecule has 0 spiro atoms. The Labute approximate surface area is 89.8 Å². The Kier molecular flexibility index (Phi) is 0.605. The second-order valence-corrected chi connectivity index (χ2v) is 2.00. The average molecular weight is 174 g/mol. The molecule has 1 aromatic rings. The van der Waals surface area contributed by atoms with Crippen molar-refractivity contribution >= 4 is 0 Å². The van der Waals surface area contributed by atoms with E-state index in [4.69, 9.17) is 16.4 Å². The molecule has 1 unspecified atom stereocenters. The molecule has 1 aliphatic rings. The van der Waals surface area contributed by atoms with Gasteiger partial charge in [-0.1, -0.05) is 30.2 Å². The number of nitrogens with one attached hydrogen (secondary N) is 2. The summed E-state index contributed by atoms with van der Waals surface area (Å²) in [6.45, 7) is -8.85. The Morgan fingerprint density at radius 3 is 3.08 bits per heavy atom. The van der Waals surface area contributed by atoms with Gasteiger partial charge in [0.05, 0.1) is 8.22 Å². The van der Waals surface area contributed by atoms with Gasteiger partial charge < -0.3 is 10.6 Å². The second kappa shape index (κ2) is 3.70. The molecule has 0 bridgehead atoms. The smallest absolute Gasteiger partial charge is 0.0626 e. The van der Waals surface area contributed by atoms with E-state index in [0.29, 0.717) is 0 Å². The molecule has 0 saturated carbocycles. The zero-order chi connectivity index (χ0) is 18.9. The number of piperazine rings is 1. The second-order valence-electron chi connectivity index (χ2n) is 2.00. The van der Waals surface area contributed by atoms with Gasteiger partial charge >= 0.3 is 0 Å². The van der Waals surface area contributed by atoms with Gasteiger partial charge in [0.15, 0.2) is 0 Å². The van der Waals surface area contributed by atoms with Crippen molar-refractivity contribution in [3.05, 3.63) is 35.8 Å². The third kappa shape index (κ3) is 1.65. The summed E-state index contributed by atoms with van der Waals surface area (Å²) in [7, 11) is 0. The van der Waals surface area contributed by atoms with Crippen LogP contribution in [0.3, 0.4) is 0 Å². The van der Waals surface area contributed by atoms with E-state index in [-0.39, 0.29) is 0 Å². The van der Waals surface area contributed by atoms with Crippen molar-refractivity contribution in [3.63, 3.8) is 0 Å². The van der Waals surface area contributed by atoms with Gasteiger partial charge in [-0.2, -0.15) is 0 Å². The minimum absolute atomic E-state index is 0.736. The highest BCUT2D eigenvalue weighted by Gasteiger charge is 2.12. The van der Waals surface area contributed by atoms with Crippen LogP contribution in [-0.4, -0.2) is 19.5 Å². The maximum Gasteiger partial charge on any atom is 0.0626 e. The first-order valence-corrected chi connectivity index (χ1v) is 3.25. The molecule has 2 rings (SSSR count). The zero-order valence-electron chi connectivity index (χ0n) is 18.0. The van der Waals surface area contributed by atoms with E-state index in [0.717, 1.165) is 0 Å². The predicted molar refractivity (Wildman–Crippen MR) is 50.1 cm³/mol. The van der Waals surface area contributed by atoms with E-state index in [1.807, 2.05) is 5.32 Å². The van der Waals surface area contributed by atoms with Gasteiger partial charge in [-0.15, -0.1) is 0 Å². The minimum atomic E-state index is -2.99. The molecule has 0 aromatic heterocycles. The largest absolute Gasteiger partial charge is 0.314 e. The van der Waals surface area contributed by atoms with Crippen molar-refractivity contribution in [1.82, 2.24) is 10.6 Å². The summed E-state index contributed by atoms with van der Waals surface area (Å²) in [6.07, 6.45) is 0. The van der Waals surface area contributed by atoms with Gasteiger partial charge in [0, 0.05) is 33.7 Å². The fourth-order valence-electron chi connectivity index (χ4n) is 0.750. The summed E-state index contributed by atoms with van der Waals surface area (Å²) in [5.41, 5.74) is -0.814. The van der Waals surface area contributed by atoms with Gasteiger partial charge in [0.1, 0.15) is 0 Å². The van der Waals surface area contributed by atoms with Crippen LogP contribution in [0.15, 0.2) is 30.2 Å². The molecule has 1 saturated heterocycles. The first-order valence-electron chi connectivity index (χ1n) is 9.25. The van der Waals surface area contributed by atoms with Gasteiger partial charge in [0.2, 0.25) is 0 Å². The molecule has 2 nitrogen and oxygen atoms in total. The molecule has 0 aliphatic carbocycles. The highest BCUT2D eigenvalue weighted by molar-refractivity contribution is 5.19. The van der Waals surface area contributed by atoms with Gasteiger partial charge in [-0.05, 0) is 5.56 Å². The standard InChI is InChI=1S/C10H14N2/c1-2-4-9(5-3-1)10-8-11-6-7-12-10/h1-5,10-12H,6-8H2/i1D,2D,3D,4D,5D,6D2,7D2,8D2,10D. The summed E-state index contributed by atoms with van der Waals surface area (Å²) in [6, 6.07) is -6.95. The predicted octanol–water partition coefficient (Wildman–Crippen LogP) is 0.920. The first-order chi connectivity index (χ1) is 10.6. The Hall–Kier alpha value is -0.860. The number of hydrogen-bond donors (Lipinski definition) is 2. The van der Waals surface area contributed by atoms with E-state index in [1.54, 1.807) is 5.32 Å². The summed E-state index contributed by atoms with van der Waals surface area (Å²) in [5, 5.41) is 3.57. The lowest BCUT2D eigenvalue weighted by Gasteiger charge is -2.24. The molecule has 12 heavy (non-hydrogen) atoms. The zero-order valence-corrected chi connectivity index (χ0v) is 6.00. The van der Waals surface area contributed by atoms with Crippen molar-refractivity contribution in [2.45, 2.75) is 6.02 Å². The van der Waals surface area contributed by atoms with E-state index in [1.165, 1.54) is 0 Å². The van der Waals surface area contributed by atoms with Crippen LogP contribution in [0.4, 0.5) is 0 Å². The topological polar surface area (TPSA) is 24.1 Å². The lowest BCUT2D eigenvalue weighted by molar-refractivity contribution is 0.430. The maximum atomic E-state index is 8.32. The molecule has 1 aliphatic heterocycles. The Morgan fingerprint density at radius 1 is 1.42 bits per heavy atom. The third-order valence-electron chi connectivity index (χ3n) is 1.25. The molecule has 1 aromatic carbocycles. The molecule has 1 heterocycles. The normalized spacial score (nSPS) is 57.0. The molecule has 0 radical (unpaired) electrons. The van der Waals surface area contributed by atoms with Crippen LogP contribution in [0.25, 0.3) is 0 Å². The SMILES string of the molecule is [2H]c1c([2H])c([2H])c(C2([2H])NC([2H])([2H])C([2H])([2H])NC2([2H])[2H])c([2H])c1[2H]. The summed E-state index contributed by atoms with van der Waals surface area (Å²) in [5.74, 6) is 0. The lowest BCUT2D eigenvalue weighted by Crippen LogP contribution is -2.42. The lowest BCUT2D eigenvalue weighted by atomic mass is 10.1. The number of hydrogen-bond acceptors (Lipinski definition) is 2. The van der Waals surface area contributed by atoms with Crippen LogP contribution in [0.2, 0.25) is 0 Å². The summed E-state index contributed by atoms with van der Waals surface area (Å²) >= 11 is 0. The van der Waals surface area contributed by atoms with Crippen LogP contribution in [0.5, 0.6) is 0 Å². The van der Waals surface area contributed by atoms with E-state index >= 15 is 0 Å². The molecule has 2 N–H and O–H groups in total. The Morgan fingerprint density at radius 2 is 2.25 bits per heavy atom. The molecule has 1 fully saturated rings. The quantitative estimate of drug-likeness (QED) is 0.661. The van der Waals surface area contributed by atoms with Crippen LogP contribution in [-0.2, 0) is 0 Å². The molecular weight excluding hydrogens is 148 g/mol. The highest BCUT2D eigenvalue weighted by atomic mass is 15.0. The van der Waals surface area contributed by atoms with Gasteiger partial charge in [0.25, 0.3) is 0 Å². The van der Waals surface area contributed by atoms with Crippen LogP contribution in [0, 0.1) is 0 Å².